The summed E-state index contributed by atoms with van der Waals surface area (Å²) in [4.78, 5) is 28.3. The number of amides is 1. The van der Waals surface area contributed by atoms with Gasteiger partial charge < -0.3 is 10.1 Å². The second-order valence-corrected chi connectivity index (χ2v) is 6.21. The highest BCUT2D eigenvalue weighted by Crippen LogP contribution is 2.20. The molecule has 0 saturated carbocycles. The monoisotopic (exact) mass is 384 g/mol. The molecule has 1 atom stereocenters. The quantitative estimate of drug-likeness (QED) is 0.660. The molecule has 3 aromatic rings. The van der Waals surface area contributed by atoms with Crippen LogP contribution >= 0.6 is 11.6 Å². The molecule has 0 aliphatic heterocycles. The molecule has 0 aliphatic carbocycles. The fourth-order valence-electron chi connectivity index (χ4n) is 2.33. The van der Waals surface area contributed by atoms with Crippen LogP contribution in [0.15, 0.2) is 61.2 Å². The van der Waals surface area contributed by atoms with Crippen molar-refractivity contribution < 1.29 is 14.3 Å². The SMILES string of the molecule is CC(OC(=O)c1ccc(Cn2cncn2)cc1)C(=O)Nc1ccccc1Cl. The highest BCUT2D eigenvalue weighted by atomic mass is 35.5. The fourth-order valence-corrected chi connectivity index (χ4v) is 2.51. The smallest absolute Gasteiger partial charge is 0.338 e. The second kappa shape index (κ2) is 8.46. The van der Waals surface area contributed by atoms with E-state index in [0.29, 0.717) is 22.8 Å². The third-order valence-electron chi connectivity index (χ3n) is 3.79. The minimum absolute atomic E-state index is 0.356. The van der Waals surface area contributed by atoms with Crippen LogP contribution in [0.3, 0.4) is 0 Å². The Hall–Kier alpha value is -3.19. The van der Waals surface area contributed by atoms with Gasteiger partial charge in [-0.25, -0.2) is 14.5 Å². The number of carbonyl (C=O) groups is 2. The van der Waals surface area contributed by atoms with Crippen LogP contribution in [0.4, 0.5) is 5.69 Å². The van der Waals surface area contributed by atoms with Crippen LogP contribution in [0.2, 0.25) is 5.02 Å². The van der Waals surface area contributed by atoms with E-state index in [1.165, 1.54) is 13.3 Å². The van der Waals surface area contributed by atoms with Crippen LogP contribution in [0.1, 0.15) is 22.8 Å². The summed E-state index contributed by atoms with van der Waals surface area (Å²) in [6.07, 6.45) is 2.10. The standard InChI is InChI=1S/C19H17ClN4O3/c1-13(18(25)23-17-5-3-2-4-16(17)20)27-19(26)15-8-6-14(7-9-15)10-24-12-21-11-22-24/h2-9,11-13H,10H2,1H3,(H,23,25). The number of rotatable bonds is 6. The first-order chi connectivity index (χ1) is 13.0. The van der Waals surface area contributed by atoms with Gasteiger partial charge in [0.15, 0.2) is 6.10 Å². The van der Waals surface area contributed by atoms with Gasteiger partial charge in [0.2, 0.25) is 0 Å². The van der Waals surface area contributed by atoms with Crippen molar-refractivity contribution in [3.05, 3.63) is 77.3 Å². The lowest BCUT2D eigenvalue weighted by Crippen LogP contribution is -2.30. The van der Waals surface area contributed by atoms with E-state index in [1.807, 2.05) is 0 Å². The number of nitrogens with zero attached hydrogens (tertiary/aromatic N) is 3. The molecular formula is C19H17ClN4O3. The van der Waals surface area contributed by atoms with Crippen LogP contribution < -0.4 is 5.32 Å². The Morgan fingerprint density at radius 2 is 1.93 bits per heavy atom. The van der Waals surface area contributed by atoms with Gasteiger partial charge in [-0.1, -0.05) is 35.9 Å². The molecule has 0 bridgehead atoms. The Morgan fingerprint density at radius 3 is 2.59 bits per heavy atom. The van der Waals surface area contributed by atoms with Gasteiger partial charge in [0, 0.05) is 0 Å². The number of carbonyl (C=O) groups excluding carboxylic acids is 2. The molecule has 1 heterocycles. The second-order valence-electron chi connectivity index (χ2n) is 5.81. The molecule has 1 amide bonds. The van der Waals surface area contributed by atoms with E-state index in [-0.39, 0.29) is 0 Å². The lowest BCUT2D eigenvalue weighted by Gasteiger charge is -2.14. The summed E-state index contributed by atoms with van der Waals surface area (Å²) in [6.45, 7) is 2.05. The summed E-state index contributed by atoms with van der Waals surface area (Å²) in [5.74, 6) is -1.04. The van der Waals surface area contributed by atoms with Crippen molar-refractivity contribution in [2.75, 3.05) is 5.32 Å². The summed E-state index contributed by atoms with van der Waals surface area (Å²) in [5.41, 5.74) is 1.78. The number of hydrogen-bond donors (Lipinski definition) is 1. The summed E-state index contributed by atoms with van der Waals surface area (Å²) < 4.78 is 6.91. The van der Waals surface area contributed by atoms with Crippen LogP contribution in [0.5, 0.6) is 0 Å². The molecule has 1 unspecified atom stereocenters. The molecular weight excluding hydrogens is 368 g/mol. The number of ether oxygens (including phenoxy) is 1. The number of anilines is 1. The van der Waals surface area contributed by atoms with Gasteiger partial charge in [0.05, 0.1) is 22.8 Å². The van der Waals surface area contributed by atoms with E-state index in [0.717, 1.165) is 5.56 Å². The number of benzene rings is 2. The van der Waals surface area contributed by atoms with Crippen molar-refractivity contribution in [3.63, 3.8) is 0 Å². The molecule has 1 N–H and O–H groups in total. The van der Waals surface area contributed by atoms with E-state index in [1.54, 1.807) is 59.5 Å². The van der Waals surface area contributed by atoms with Gasteiger partial charge in [-0.3, -0.25) is 4.79 Å². The minimum atomic E-state index is -0.969. The normalized spacial score (nSPS) is 11.6. The largest absolute Gasteiger partial charge is 0.449 e. The zero-order valence-electron chi connectivity index (χ0n) is 14.5. The average molecular weight is 385 g/mol. The maximum absolute atomic E-state index is 12.3. The van der Waals surface area contributed by atoms with E-state index < -0.39 is 18.0 Å². The maximum atomic E-state index is 12.3. The Morgan fingerprint density at radius 1 is 1.19 bits per heavy atom. The molecule has 3 rings (SSSR count). The van der Waals surface area contributed by atoms with Crippen LogP contribution in [-0.4, -0.2) is 32.7 Å². The van der Waals surface area contributed by atoms with Gasteiger partial charge in [-0.05, 0) is 36.8 Å². The van der Waals surface area contributed by atoms with Gasteiger partial charge in [0.25, 0.3) is 5.91 Å². The first-order valence-electron chi connectivity index (χ1n) is 8.20. The van der Waals surface area contributed by atoms with Crippen molar-refractivity contribution in [1.29, 1.82) is 0 Å². The van der Waals surface area contributed by atoms with E-state index in [9.17, 15) is 9.59 Å². The van der Waals surface area contributed by atoms with Gasteiger partial charge in [0.1, 0.15) is 12.7 Å². The van der Waals surface area contributed by atoms with Gasteiger partial charge in [-0.2, -0.15) is 5.10 Å². The zero-order chi connectivity index (χ0) is 19.2. The van der Waals surface area contributed by atoms with Crippen molar-refractivity contribution in [1.82, 2.24) is 14.8 Å². The molecule has 0 radical (unpaired) electrons. The van der Waals surface area contributed by atoms with Gasteiger partial charge >= 0.3 is 5.97 Å². The zero-order valence-corrected chi connectivity index (χ0v) is 15.3. The summed E-state index contributed by atoms with van der Waals surface area (Å²) in [5, 5.41) is 7.07. The van der Waals surface area contributed by atoms with Crippen molar-refractivity contribution in [2.45, 2.75) is 19.6 Å². The molecule has 0 aliphatic rings. The lowest BCUT2D eigenvalue weighted by atomic mass is 10.1. The highest BCUT2D eigenvalue weighted by Gasteiger charge is 2.19. The Balaban J connectivity index is 1.57. The molecule has 1 aromatic heterocycles. The molecule has 7 nitrogen and oxygen atoms in total. The Kier molecular flexibility index (Phi) is 5.83. The first-order valence-corrected chi connectivity index (χ1v) is 8.58. The summed E-state index contributed by atoms with van der Waals surface area (Å²) >= 11 is 6.01. The summed E-state index contributed by atoms with van der Waals surface area (Å²) in [6, 6.07) is 13.7. The van der Waals surface area contributed by atoms with Crippen LogP contribution in [0.25, 0.3) is 0 Å². The van der Waals surface area contributed by atoms with E-state index in [4.69, 9.17) is 16.3 Å². The van der Waals surface area contributed by atoms with E-state index in [2.05, 4.69) is 15.4 Å². The lowest BCUT2D eigenvalue weighted by molar-refractivity contribution is -0.123. The molecule has 0 fully saturated rings. The number of aromatic nitrogens is 3. The Bertz CT molecular complexity index is 926. The first kappa shape index (κ1) is 18.6. The molecule has 2 aromatic carbocycles. The predicted octanol–water partition coefficient (Wildman–Crippen LogP) is 3.16. The fraction of sp³-hybridized carbons (Fsp3) is 0.158. The van der Waals surface area contributed by atoms with E-state index >= 15 is 0 Å². The van der Waals surface area contributed by atoms with Gasteiger partial charge in [-0.15, -0.1) is 0 Å². The van der Waals surface area contributed by atoms with Crippen molar-refractivity contribution in [2.24, 2.45) is 0 Å². The van der Waals surface area contributed by atoms with Crippen molar-refractivity contribution in [3.8, 4) is 0 Å². The highest BCUT2D eigenvalue weighted by molar-refractivity contribution is 6.33. The molecule has 27 heavy (non-hydrogen) atoms. The predicted molar refractivity (Wildman–Crippen MR) is 101 cm³/mol. The van der Waals surface area contributed by atoms with Crippen molar-refractivity contribution >= 4 is 29.2 Å². The molecule has 0 spiro atoms. The average Bonchev–Trinajstić information content (AvgIpc) is 3.17. The third-order valence-corrected chi connectivity index (χ3v) is 4.12. The number of esters is 1. The summed E-state index contributed by atoms with van der Waals surface area (Å²) in [7, 11) is 0. The minimum Gasteiger partial charge on any atom is -0.449 e. The topological polar surface area (TPSA) is 86.1 Å². The molecule has 0 saturated heterocycles. The maximum Gasteiger partial charge on any atom is 0.338 e. The number of para-hydroxylation sites is 1. The number of nitrogens with one attached hydrogen (secondary N) is 1. The van der Waals surface area contributed by atoms with Crippen LogP contribution in [-0.2, 0) is 16.1 Å². The third kappa shape index (κ3) is 4.92. The number of hydrogen-bond acceptors (Lipinski definition) is 5. The number of halogens is 1. The molecule has 8 heteroatoms. The van der Waals surface area contributed by atoms with Crippen LogP contribution in [0, 0.1) is 0 Å². The molecule has 138 valence electrons. The Labute approximate surface area is 160 Å².